The van der Waals surface area contributed by atoms with Crippen molar-refractivity contribution in [1.29, 1.82) is 0 Å². The molecule has 0 heterocycles. The van der Waals surface area contributed by atoms with Crippen molar-refractivity contribution in [2.24, 2.45) is 5.92 Å². The van der Waals surface area contributed by atoms with Crippen LogP contribution in [0.4, 0.5) is 18.0 Å². The number of hydrogen-bond donors (Lipinski definition) is 2. The van der Waals surface area contributed by atoms with Crippen LogP contribution in [0.5, 0.6) is 0 Å². The number of alkyl halides is 3. The van der Waals surface area contributed by atoms with Gasteiger partial charge in [0.05, 0.1) is 0 Å². The molecule has 2 aliphatic carbocycles. The molecule has 0 spiro atoms. The van der Waals surface area contributed by atoms with Crippen molar-refractivity contribution in [2.45, 2.75) is 37.4 Å². The topological polar surface area (TPSA) is 69.6 Å². The number of carbonyl (C=O) groups is 2. The van der Waals surface area contributed by atoms with Gasteiger partial charge < -0.3 is 15.3 Å². The van der Waals surface area contributed by atoms with E-state index in [-0.39, 0.29) is 25.3 Å². The van der Waals surface area contributed by atoms with E-state index < -0.39 is 30.3 Å². The Morgan fingerprint density at radius 3 is 2.26 bits per heavy atom. The lowest BCUT2D eigenvalue weighted by molar-refractivity contribution is -0.163. The maximum Gasteiger partial charge on any atom is 0.411 e. The minimum Gasteiger partial charge on any atom is -0.480 e. The van der Waals surface area contributed by atoms with Crippen molar-refractivity contribution in [3.8, 4) is 0 Å². The third-order valence-corrected chi connectivity index (χ3v) is 3.43. The van der Waals surface area contributed by atoms with Crippen LogP contribution in [0.3, 0.4) is 0 Å². The van der Waals surface area contributed by atoms with Gasteiger partial charge in [-0.3, -0.25) is 4.79 Å². The molecular formula is C11H15F3N2O3. The maximum absolute atomic E-state index is 12.7. The first-order valence-electron chi connectivity index (χ1n) is 6.09. The molecule has 19 heavy (non-hydrogen) atoms. The molecule has 2 N–H and O–H groups in total. The molecule has 2 amide bonds. The normalized spacial score (nSPS) is 20.8. The van der Waals surface area contributed by atoms with Gasteiger partial charge in [0.2, 0.25) is 0 Å². The van der Waals surface area contributed by atoms with E-state index in [9.17, 15) is 22.8 Å². The summed E-state index contributed by atoms with van der Waals surface area (Å²) >= 11 is 0. The average Bonchev–Trinajstić information content (AvgIpc) is 3.08. The summed E-state index contributed by atoms with van der Waals surface area (Å²) in [4.78, 5) is 23.4. The highest BCUT2D eigenvalue weighted by molar-refractivity contribution is 5.81. The number of urea groups is 1. The van der Waals surface area contributed by atoms with Gasteiger partial charge in [-0.1, -0.05) is 0 Å². The number of hydrogen-bond acceptors (Lipinski definition) is 2. The lowest BCUT2D eigenvalue weighted by Gasteiger charge is -2.26. The van der Waals surface area contributed by atoms with E-state index in [0.717, 1.165) is 17.7 Å². The number of halogens is 3. The van der Waals surface area contributed by atoms with E-state index in [4.69, 9.17) is 5.11 Å². The first-order chi connectivity index (χ1) is 8.73. The van der Waals surface area contributed by atoms with Crippen LogP contribution >= 0.6 is 0 Å². The zero-order valence-electron chi connectivity index (χ0n) is 10.2. The van der Waals surface area contributed by atoms with E-state index >= 15 is 0 Å². The molecular weight excluding hydrogens is 265 g/mol. The Morgan fingerprint density at radius 1 is 1.32 bits per heavy atom. The molecule has 2 rings (SSSR count). The van der Waals surface area contributed by atoms with Gasteiger partial charge >= 0.3 is 18.2 Å². The lowest BCUT2D eigenvalue weighted by Crippen LogP contribution is -2.53. The van der Waals surface area contributed by atoms with Gasteiger partial charge in [0.1, 0.15) is 12.1 Å². The predicted molar refractivity (Wildman–Crippen MR) is 58.5 cm³/mol. The van der Waals surface area contributed by atoms with Crippen LogP contribution in [0.25, 0.3) is 0 Å². The number of nitrogens with zero attached hydrogens (tertiary/aromatic N) is 1. The highest BCUT2D eigenvalue weighted by Gasteiger charge is 2.64. The standard InChI is InChI=1S/C11H15F3N2O3/c12-11(13,14)10(3-4-10)15-9(19)16(6-8(17)18)5-7-1-2-7/h7H,1-6H2,(H,15,19)(H,17,18). The fraction of sp³-hybridized carbons (Fsp3) is 0.818. The fourth-order valence-corrected chi connectivity index (χ4v) is 1.88. The summed E-state index contributed by atoms with van der Waals surface area (Å²) in [5.41, 5.74) is -2.15. The summed E-state index contributed by atoms with van der Waals surface area (Å²) < 4.78 is 38.1. The van der Waals surface area contributed by atoms with Gasteiger partial charge in [-0.05, 0) is 31.6 Å². The Kier molecular flexibility index (Phi) is 3.36. The predicted octanol–water partition coefficient (Wildman–Crippen LogP) is 1.59. The van der Waals surface area contributed by atoms with Gasteiger partial charge in [-0.25, -0.2) is 4.79 Å². The molecule has 2 fully saturated rings. The SMILES string of the molecule is O=C(O)CN(CC1CC1)C(=O)NC1(C(F)(F)F)CC1. The van der Waals surface area contributed by atoms with E-state index in [0.29, 0.717) is 0 Å². The van der Waals surface area contributed by atoms with Crippen LogP contribution in [-0.4, -0.2) is 46.8 Å². The van der Waals surface area contributed by atoms with Crippen LogP contribution in [0, 0.1) is 5.92 Å². The first-order valence-corrected chi connectivity index (χ1v) is 6.09. The second kappa shape index (κ2) is 4.57. The Balaban J connectivity index is 1.97. The van der Waals surface area contributed by atoms with Crippen molar-refractivity contribution in [3.05, 3.63) is 0 Å². The molecule has 0 unspecified atom stereocenters. The summed E-state index contributed by atoms with van der Waals surface area (Å²) in [5.74, 6) is -1.02. The Morgan fingerprint density at radius 2 is 1.89 bits per heavy atom. The van der Waals surface area contributed by atoms with Gasteiger partial charge in [-0.2, -0.15) is 13.2 Å². The molecule has 0 aromatic heterocycles. The van der Waals surface area contributed by atoms with Gasteiger partial charge in [0.15, 0.2) is 0 Å². The molecule has 8 heteroatoms. The molecule has 0 atom stereocenters. The fourth-order valence-electron chi connectivity index (χ4n) is 1.88. The van der Waals surface area contributed by atoms with Crippen LogP contribution in [0.1, 0.15) is 25.7 Å². The average molecular weight is 280 g/mol. The third-order valence-electron chi connectivity index (χ3n) is 3.43. The second-order valence-corrected chi connectivity index (χ2v) is 5.23. The first kappa shape index (κ1) is 14.0. The summed E-state index contributed by atoms with van der Waals surface area (Å²) in [6.45, 7) is -0.373. The van der Waals surface area contributed by atoms with E-state index in [1.54, 1.807) is 0 Å². The number of rotatable bonds is 5. The largest absolute Gasteiger partial charge is 0.480 e. The Hall–Kier alpha value is -1.47. The van der Waals surface area contributed by atoms with E-state index in [1.807, 2.05) is 5.32 Å². The van der Waals surface area contributed by atoms with Crippen molar-refractivity contribution in [3.63, 3.8) is 0 Å². The van der Waals surface area contributed by atoms with Gasteiger partial charge in [0.25, 0.3) is 0 Å². The molecule has 0 bridgehead atoms. The van der Waals surface area contributed by atoms with Crippen LogP contribution < -0.4 is 5.32 Å². The highest BCUT2D eigenvalue weighted by atomic mass is 19.4. The summed E-state index contributed by atoms with van der Waals surface area (Å²) in [6, 6.07) is -0.941. The second-order valence-electron chi connectivity index (χ2n) is 5.23. The van der Waals surface area contributed by atoms with E-state index in [2.05, 4.69) is 0 Å². The number of carbonyl (C=O) groups excluding carboxylic acids is 1. The quantitative estimate of drug-likeness (QED) is 0.803. The molecule has 0 aliphatic heterocycles. The van der Waals surface area contributed by atoms with Crippen LogP contribution in [0.15, 0.2) is 0 Å². The highest BCUT2D eigenvalue weighted by Crippen LogP contribution is 2.49. The van der Waals surface area contributed by atoms with E-state index in [1.165, 1.54) is 0 Å². The molecule has 2 aliphatic rings. The summed E-state index contributed by atoms with van der Waals surface area (Å²) in [5, 5.41) is 10.6. The zero-order chi connectivity index (χ0) is 14.3. The van der Waals surface area contributed by atoms with Crippen molar-refractivity contribution >= 4 is 12.0 Å². The lowest BCUT2D eigenvalue weighted by atomic mass is 10.2. The molecule has 0 radical (unpaired) electrons. The number of aliphatic carboxylic acids is 1. The third kappa shape index (κ3) is 3.30. The number of nitrogens with one attached hydrogen (secondary N) is 1. The molecule has 0 aromatic rings. The Labute approximate surface area is 107 Å². The molecule has 0 saturated heterocycles. The van der Waals surface area contributed by atoms with Crippen molar-refractivity contribution in [2.75, 3.05) is 13.1 Å². The number of carboxylic acid groups (broad SMARTS) is 1. The number of carboxylic acids is 1. The van der Waals surface area contributed by atoms with Crippen molar-refractivity contribution < 1.29 is 27.9 Å². The monoisotopic (exact) mass is 280 g/mol. The minimum atomic E-state index is -4.49. The minimum absolute atomic E-state index is 0.146. The van der Waals surface area contributed by atoms with Crippen molar-refractivity contribution in [1.82, 2.24) is 10.2 Å². The summed E-state index contributed by atoms with van der Waals surface area (Å²) in [6.07, 6.45) is -3.02. The molecule has 108 valence electrons. The zero-order valence-corrected chi connectivity index (χ0v) is 10.2. The van der Waals surface area contributed by atoms with Crippen LogP contribution in [0.2, 0.25) is 0 Å². The van der Waals surface area contributed by atoms with Gasteiger partial charge in [0, 0.05) is 6.54 Å². The van der Waals surface area contributed by atoms with Gasteiger partial charge in [-0.15, -0.1) is 0 Å². The smallest absolute Gasteiger partial charge is 0.411 e. The molecule has 5 nitrogen and oxygen atoms in total. The maximum atomic E-state index is 12.7. The van der Waals surface area contributed by atoms with Crippen LogP contribution in [-0.2, 0) is 4.79 Å². The summed E-state index contributed by atoms with van der Waals surface area (Å²) in [7, 11) is 0. The number of amides is 2. The molecule has 2 saturated carbocycles. The Bertz CT molecular complexity index is 389. The molecule has 0 aromatic carbocycles.